The SMILES string of the molecule is CCCNC(C#N)CSC(C)C(C)C. The Kier molecular flexibility index (Phi) is 8.02. The molecule has 0 aliphatic carbocycles. The summed E-state index contributed by atoms with van der Waals surface area (Å²) >= 11 is 1.88. The molecule has 0 aromatic heterocycles. The summed E-state index contributed by atoms with van der Waals surface area (Å²) in [4.78, 5) is 0. The van der Waals surface area contributed by atoms with Crippen molar-refractivity contribution in [2.24, 2.45) is 5.92 Å². The van der Waals surface area contributed by atoms with E-state index in [1.54, 1.807) is 0 Å². The van der Waals surface area contributed by atoms with Crippen LogP contribution >= 0.6 is 11.8 Å². The zero-order valence-corrected chi connectivity index (χ0v) is 10.5. The Morgan fingerprint density at radius 2 is 2.00 bits per heavy atom. The van der Waals surface area contributed by atoms with Gasteiger partial charge in [-0.1, -0.05) is 27.7 Å². The van der Waals surface area contributed by atoms with Crippen molar-refractivity contribution in [2.45, 2.75) is 45.4 Å². The third kappa shape index (κ3) is 6.28. The van der Waals surface area contributed by atoms with Crippen LogP contribution in [0.3, 0.4) is 0 Å². The van der Waals surface area contributed by atoms with Crippen LogP contribution in [0.4, 0.5) is 0 Å². The Morgan fingerprint density at radius 1 is 1.36 bits per heavy atom. The van der Waals surface area contributed by atoms with Crippen molar-refractivity contribution < 1.29 is 0 Å². The summed E-state index contributed by atoms with van der Waals surface area (Å²) in [7, 11) is 0. The van der Waals surface area contributed by atoms with E-state index < -0.39 is 0 Å². The van der Waals surface area contributed by atoms with Crippen molar-refractivity contribution in [3.05, 3.63) is 0 Å². The zero-order chi connectivity index (χ0) is 11.0. The number of thioether (sulfide) groups is 1. The molecule has 2 nitrogen and oxygen atoms in total. The average molecular weight is 214 g/mol. The van der Waals surface area contributed by atoms with Gasteiger partial charge in [-0.3, -0.25) is 0 Å². The predicted molar refractivity (Wildman–Crippen MR) is 64.5 cm³/mol. The van der Waals surface area contributed by atoms with Gasteiger partial charge in [0.15, 0.2) is 0 Å². The van der Waals surface area contributed by atoms with Gasteiger partial charge in [0.05, 0.1) is 6.07 Å². The van der Waals surface area contributed by atoms with Crippen molar-refractivity contribution >= 4 is 11.8 Å². The second kappa shape index (κ2) is 8.14. The number of nitrogens with one attached hydrogen (secondary N) is 1. The van der Waals surface area contributed by atoms with Crippen molar-refractivity contribution in [2.75, 3.05) is 12.3 Å². The first-order valence-corrected chi connectivity index (χ1v) is 6.41. The summed E-state index contributed by atoms with van der Waals surface area (Å²) in [6.07, 6.45) is 1.09. The lowest BCUT2D eigenvalue weighted by molar-refractivity contribution is 0.624. The molecular weight excluding hydrogens is 192 g/mol. The van der Waals surface area contributed by atoms with E-state index in [-0.39, 0.29) is 6.04 Å². The van der Waals surface area contributed by atoms with E-state index >= 15 is 0 Å². The summed E-state index contributed by atoms with van der Waals surface area (Å²) in [5.74, 6) is 1.58. The first kappa shape index (κ1) is 13.8. The molecule has 2 atom stereocenters. The molecule has 0 aromatic carbocycles. The number of nitriles is 1. The van der Waals surface area contributed by atoms with Crippen molar-refractivity contribution in [3.8, 4) is 6.07 Å². The van der Waals surface area contributed by atoms with Gasteiger partial charge in [0.25, 0.3) is 0 Å². The molecule has 0 amide bonds. The van der Waals surface area contributed by atoms with Gasteiger partial charge < -0.3 is 5.32 Å². The Balaban J connectivity index is 3.68. The molecule has 0 radical (unpaired) electrons. The van der Waals surface area contributed by atoms with Gasteiger partial charge in [-0.2, -0.15) is 17.0 Å². The molecule has 0 saturated heterocycles. The molecule has 3 heteroatoms. The average Bonchev–Trinajstić information content (AvgIpc) is 2.17. The van der Waals surface area contributed by atoms with Crippen LogP contribution in [0.5, 0.6) is 0 Å². The third-order valence-electron chi connectivity index (χ3n) is 2.26. The molecule has 82 valence electrons. The highest BCUT2D eigenvalue weighted by molar-refractivity contribution is 7.99. The number of nitrogens with zero attached hydrogens (tertiary/aromatic N) is 1. The molecule has 14 heavy (non-hydrogen) atoms. The minimum absolute atomic E-state index is 0.0150. The molecule has 2 unspecified atom stereocenters. The van der Waals surface area contributed by atoms with E-state index in [9.17, 15) is 0 Å². The summed E-state index contributed by atoms with van der Waals surface area (Å²) in [5, 5.41) is 12.7. The minimum Gasteiger partial charge on any atom is -0.301 e. The van der Waals surface area contributed by atoms with Gasteiger partial charge in [0.1, 0.15) is 6.04 Å². The molecule has 0 aliphatic rings. The maximum Gasteiger partial charge on any atom is 0.104 e. The molecular formula is C11H22N2S. The first-order valence-electron chi connectivity index (χ1n) is 5.36. The highest BCUT2D eigenvalue weighted by Crippen LogP contribution is 2.19. The van der Waals surface area contributed by atoms with Gasteiger partial charge in [0.2, 0.25) is 0 Å². The van der Waals surface area contributed by atoms with E-state index in [0.717, 1.165) is 18.7 Å². The summed E-state index contributed by atoms with van der Waals surface area (Å²) in [6, 6.07) is 2.31. The Labute approximate surface area is 92.5 Å². The maximum atomic E-state index is 8.88. The van der Waals surface area contributed by atoms with Gasteiger partial charge in [0, 0.05) is 11.0 Å². The second-order valence-corrected chi connectivity index (χ2v) is 5.33. The van der Waals surface area contributed by atoms with Crippen LogP contribution in [-0.2, 0) is 0 Å². The molecule has 0 aliphatic heterocycles. The summed E-state index contributed by atoms with van der Waals surface area (Å²) in [5.41, 5.74) is 0. The van der Waals surface area contributed by atoms with Crippen LogP contribution in [-0.4, -0.2) is 23.6 Å². The molecule has 0 fully saturated rings. The van der Waals surface area contributed by atoms with Gasteiger partial charge in [-0.05, 0) is 18.9 Å². The van der Waals surface area contributed by atoms with Gasteiger partial charge in [-0.15, -0.1) is 0 Å². The van der Waals surface area contributed by atoms with E-state index in [2.05, 4.69) is 39.1 Å². The number of hydrogen-bond acceptors (Lipinski definition) is 3. The lowest BCUT2D eigenvalue weighted by Crippen LogP contribution is -2.31. The van der Waals surface area contributed by atoms with Crippen molar-refractivity contribution in [1.29, 1.82) is 5.26 Å². The monoisotopic (exact) mass is 214 g/mol. The normalized spacial score (nSPS) is 15.1. The van der Waals surface area contributed by atoms with E-state index in [4.69, 9.17) is 5.26 Å². The third-order valence-corrected chi connectivity index (χ3v) is 3.86. The van der Waals surface area contributed by atoms with Crippen LogP contribution in [0.15, 0.2) is 0 Å². The van der Waals surface area contributed by atoms with Crippen LogP contribution in [0, 0.1) is 17.2 Å². The molecule has 1 N–H and O–H groups in total. The Morgan fingerprint density at radius 3 is 2.43 bits per heavy atom. The number of rotatable bonds is 7. The highest BCUT2D eigenvalue weighted by atomic mass is 32.2. The van der Waals surface area contributed by atoms with Crippen LogP contribution in [0.2, 0.25) is 0 Å². The molecule has 0 spiro atoms. The van der Waals surface area contributed by atoms with Gasteiger partial charge in [-0.25, -0.2) is 0 Å². The smallest absolute Gasteiger partial charge is 0.104 e. The largest absolute Gasteiger partial charge is 0.301 e. The minimum atomic E-state index is 0.0150. The van der Waals surface area contributed by atoms with E-state index in [1.165, 1.54) is 0 Å². The summed E-state index contributed by atoms with van der Waals surface area (Å²) in [6.45, 7) is 9.72. The fraction of sp³-hybridized carbons (Fsp3) is 0.909. The second-order valence-electron chi connectivity index (χ2n) is 3.92. The topological polar surface area (TPSA) is 35.8 Å². The number of hydrogen-bond donors (Lipinski definition) is 1. The molecule has 0 saturated carbocycles. The fourth-order valence-corrected chi connectivity index (χ4v) is 1.97. The molecule has 0 bridgehead atoms. The summed E-state index contributed by atoms with van der Waals surface area (Å²) < 4.78 is 0. The lowest BCUT2D eigenvalue weighted by atomic mass is 10.2. The van der Waals surface area contributed by atoms with Crippen molar-refractivity contribution in [3.63, 3.8) is 0 Å². The Hall–Kier alpha value is -0.200. The molecule has 0 rings (SSSR count). The van der Waals surface area contributed by atoms with Crippen LogP contribution in [0.1, 0.15) is 34.1 Å². The van der Waals surface area contributed by atoms with E-state index in [1.807, 2.05) is 11.8 Å². The maximum absolute atomic E-state index is 8.88. The first-order chi connectivity index (χ1) is 6.61. The highest BCUT2D eigenvalue weighted by Gasteiger charge is 2.11. The lowest BCUT2D eigenvalue weighted by Gasteiger charge is -2.17. The van der Waals surface area contributed by atoms with Crippen LogP contribution < -0.4 is 5.32 Å². The molecule has 0 aromatic rings. The van der Waals surface area contributed by atoms with Crippen molar-refractivity contribution in [1.82, 2.24) is 5.32 Å². The van der Waals surface area contributed by atoms with Crippen LogP contribution in [0.25, 0.3) is 0 Å². The zero-order valence-electron chi connectivity index (χ0n) is 9.71. The quantitative estimate of drug-likeness (QED) is 0.708. The van der Waals surface area contributed by atoms with Gasteiger partial charge >= 0.3 is 0 Å². The predicted octanol–water partition coefficient (Wildman–Crippen LogP) is 2.66. The fourth-order valence-electron chi connectivity index (χ4n) is 0.901. The Bertz CT molecular complexity index is 175. The standard InChI is InChI=1S/C11H22N2S/c1-5-6-13-11(7-12)8-14-10(4)9(2)3/h9-11,13H,5-6,8H2,1-4H3. The molecule has 0 heterocycles. The van der Waals surface area contributed by atoms with E-state index in [0.29, 0.717) is 11.2 Å².